The molecule has 22 heavy (non-hydrogen) atoms. The average molecular weight is 316 g/mol. The van der Waals surface area contributed by atoms with Crippen LogP contribution in [0.1, 0.15) is 26.3 Å². The number of allylic oxidation sites excluding steroid dienone is 2. The van der Waals surface area contributed by atoms with E-state index in [9.17, 15) is 22.4 Å². The molecule has 6 heteroatoms. The van der Waals surface area contributed by atoms with Crippen molar-refractivity contribution < 1.29 is 27.1 Å². The molecule has 1 saturated carbocycles. The van der Waals surface area contributed by atoms with Gasteiger partial charge in [0.1, 0.15) is 6.61 Å². The molecular weight excluding hydrogens is 300 g/mol. The summed E-state index contributed by atoms with van der Waals surface area (Å²) in [6.07, 6.45) is 3.66. The minimum absolute atomic E-state index is 0.0241. The van der Waals surface area contributed by atoms with Gasteiger partial charge in [-0.15, -0.1) is 0 Å². The topological polar surface area (TPSA) is 26.3 Å². The molecule has 120 valence electrons. The largest absolute Gasteiger partial charge is 0.460 e. The highest BCUT2D eigenvalue weighted by atomic mass is 19.2. The van der Waals surface area contributed by atoms with E-state index in [0.717, 1.165) is 0 Å². The first-order valence-electron chi connectivity index (χ1n) is 6.83. The van der Waals surface area contributed by atoms with Gasteiger partial charge in [0.15, 0.2) is 23.3 Å². The van der Waals surface area contributed by atoms with Gasteiger partial charge < -0.3 is 4.74 Å². The van der Waals surface area contributed by atoms with Crippen LogP contribution in [0.4, 0.5) is 17.6 Å². The van der Waals surface area contributed by atoms with Crippen molar-refractivity contribution in [3.05, 3.63) is 47.1 Å². The van der Waals surface area contributed by atoms with Crippen molar-refractivity contribution in [1.29, 1.82) is 0 Å². The summed E-state index contributed by atoms with van der Waals surface area (Å²) < 4.78 is 57.9. The van der Waals surface area contributed by atoms with E-state index in [2.05, 4.69) is 0 Å². The molecule has 1 aromatic rings. The Morgan fingerprint density at radius 1 is 1.23 bits per heavy atom. The first-order valence-corrected chi connectivity index (χ1v) is 6.83. The van der Waals surface area contributed by atoms with Crippen molar-refractivity contribution in [1.82, 2.24) is 0 Å². The van der Waals surface area contributed by atoms with Crippen LogP contribution in [0.2, 0.25) is 0 Å². The number of carbonyl (C=O) groups excluding carboxylic acids is 1. The zero-order valence-electron chi connectivity index (χ0n) is 12.4. The highest BCUT2D eigenvalue weighted by molar-refractivity contribution is 5.78. The maximum atomic E-state index is 13.5. The number of ether oxygens (including phenoxy) is 1. The van der Waals surface area contributed by atoms with E-state index in [1.54, 1.807) is 6.08 Å². The number of hydrogen-bond acceptors (Lipinski definition) is 2. The maximum Gasteiger partial charge on any atom is 0.310 e. The summed E-state index contributed by atoms with van der Waals surface area (Å²) in [5.74, 6) is -7.25. The molecule has 1 aliphatic carbocycles. The van der Waals surface area contributed by atoms with Crippen molar-refractivity contribution in [3.63, 3.8) is 0 Å². The van der Waals surface area contributed by atoms with Crippen LogP contribution in [-0.4, -0.2) is 5.97 Å². The summed E-state index contributed by atoms with van der Waals surface area (Å²) in [4.78, 5) is 12.0. The summed E-state index contributed by atoms with van der Waals surface area (Å²) in [7, 11) is 0. The molecule has 1 aliphatic rings. The lowest BCUT2D eigenvalue weighted by Gasteiger charge is -2.09. The second-order valence-corrected chi connectivity index (χ2v) is 5.91. The third-order valence-electron chi connectivity index (χ3n) is 4.13. The first-order chi connectivity index (χ1) is 10.2. The fourth-order valence-corrected chi connectivity index (χ4v) is 2.68. The van der Waals surface area contributed by atoms with Crippen molar-refractivity contribution in [2.24, 2.45) is 17.3 Å². The van der Waals surface area contributed by atoms with Crippen molar-refractivity contribution >= 4 is 5.97 Å². The summed E-state index contributed by atoms with van der Waals surface area (Å²) >= 11 is 0. The van der Waals surface area contributed by atoms with E-state index in [-0.39, 0.29) is 17.4 Å². The van der Waals surface area contributed by atoms with E-state index in [1.807, 2.05) is 26.8 Å². The van der Waals surface area contributed by atoms with E-state index in [0.29, 0.717) is 0 Å². The highest BCUT2D eigenvalue weighted by Crippen LogP contribution is 2.59. The quantitative estimate of drug-likeness (QED) is 0.361. The van der Waals surface area contributed by atoms with Gasteiger partial charge in [-0.1, -0.05) is 26.0 Å². The highest BCUT2D eigenvalue weighted by Gasteiger charge is 2.61. The van der Waals surface area contributed by atoms with E-state index < -0.39 is 47.3 Å². The molecule has 0 spiro atoms. The molecule has 1 aromatic carbocycles. The Morgan fingerprint density at radius 2 is 1.77 bits per heavy atom. The summed E-state index contributed by atoms with van der Waals surface area (Å²) in [5.41, 5.74) is -1.24. The summed E-state index contributed by atoms with van der Waals surface area (Å²) in [6.45, 7) is 4.70. The summed E-state index contributed by atoms with van der Waals surface area (Å²) in [6, 6.07) is 0.113. The normalized spacial score (nSPS) is 22.9. The van der Waals surface area contributed by atoms with Gasteiger partial charge in [0.05, 0.1) is 11.5 Å². The van der Waals surface area contributed by atoms with Crippen molar-refractivity contribution in [2.75, 3.05) is 0 Å². The fraction of sp³-hybridized carbons (Fsp3) is 0.438. The smallest absolute Gasteiger partial charge is 0.310 e. The second-order valence-electron chi connectivity index (χ2n) is 5.91. The first kappa shape index (κ1) is 16.5. The number of esters is 1. The third-order valence-corrected chi connectivity index (χ3v) is 4.13. The second kappa shape index (κ2) is 5.74. The minimum Gasteiger partial charge on any atom is -0.460 e. The van der Waals surface area contributed by atoms with Crippen LogP contribution in [0.25, 0.3) is 0 Å². The predicted octanol–water partition coefficient (Wildman–Crippen LogP) is 4.13. The Labute approximate surface area is 125 Å². The van der Waals surface area contributed by atoms with Crippen LogP contribution in [0, 0.1) is 40.5 Å². The van der Waals surface area contributed by atoms with Crippen LogP contribution in [0.15, 0.2) is 18.2 Å². The zero-order valence-corrected chi connectivity index (χ0v) is 12.4. The third kappa shape index (κ3) is 2.74. The van der Waals surface area contributed by atoms with E-state index >= 15 is 0 Å². The molecule has 0 heterocycles. The van der Waals surface area contributed by atoms with E-state index in [1.165, 1.54) is 0 Å². The molecule has 1 fully saturated rings. The van der Waals surface area contributed by atoms with E-state index in [4.69, 9.17) is 4.74 Å². The Morgan fingerprint density at radius 3 is 2.27 bits per heavy atom. The minimum atomic E-state index is -1.55. The van der Waals surface area contributed by atoms with Crippen LogP contribution in [-0.2, 0) is 16.1 Å². The molecule has 0 aliphatic heterocycles. The molecule has 0 N–H and O–H groups in total. The Kier molecular flexibility index (Phi) is 4.31. The van der Waals surface area contributed by atoms with Gasteiger partial charge in [-0.05, 0) is 18.3 Å². The van der Waals surface area contributed by atoms with Crippen LogP contribution < -0.4 is 0 Å². The number of benzene rings is 1. The van der Waals surface area contributed by atoms with Gasteiger partial charge in [0, 0.05) is 6.07 Å². The Bertz CT molecular complexity index is 611. The molecular formula is C16H16F4O2. The van der Waals surface area contributed by atoms with Gasteiger partial charge in [0.25, 0.3) is 0 Å². The average Bonchev–Trinajstić information content (AvgIpc) is 2.98. The lowest BCUT2D eigenvalue weighted by Crippen LogP contribution is -2.13. The number of halogens is 4. The van der Waals surface area contributed by atoms with Gasteiger partial charge in [-0.25, -0.2) is 17.6 Å². The molecule has 0 amide bonds. The monoisotopic (exact) mass is 316 g/mol. The number of rotatable bonds is 4. The molecule has 2 nitrogen and oxygen atoms in total. The SMILES string of the molecule is C/C=C/C1C(C(=O)OCc2c(F)c(F)cc(F)c2F)C1(C)C. The standard InChI is InChI=1S/C16H16F4O2/c1-4-5-9-12(16(9,2)3)15(21)22-7-8-13(19)10(17)6-11(18)14(8)20/h4-6,9,12H,7H2,1-3H3/b5-4+. The lowest BCUT2D eigenvalue weighted by molar-refractivity contribution is -0.147. The van der Waals surface area contributed by atoms with Gasteiger partial charge in [0.2, 0.25) is 0 Å². The zero-order chi connectivity index (χ0) is 16.7. The number of carbonyl (C=O) groups is 1. The number of hydrogen-bond donors (Lipinski definition) is 0. The summed E-state index contributed by atoms with van der Waals surface area (Å²) in [5, 5.41) is 0. The Balaban J connectivity index is 2.10. The molecule has 0 saturated heterocycles. The van der Waals surface area contributed by atoms with Crippen LogP contribution in [0.3, 0.4) is 0 Å². The Hall–Kier alpha value is -1.85. The predicted molar refractivity (Wildman–Crippen MR) is 71.6 cm³/mol. The molecule has 0 bridgehead atoms. The molecule has 0 aromatic heterocycles. The maximum absolute atomic E-state index is 13.5. The van der Waals surface area contributed by atoms with Crippen molar-refractivity contribution in [3.8, 4) is 0 Å². The molecule has 2 unspecified atom stereocenters. The van der Waals surface area contributed by atoms with Gasteiger partial charge >= 0.3 is 5.97 Å². The molecule has 2 atom stereocenters. The van der Waals surface area contributed by atoms with Crippen LogP contribution >= 0.6 is 0 Å². The lowest BCUT2D eigenvalue weighted by atomic mass is 10.1. The van der Waals surface area contributed by atoms with Crippen LogP contribution in [0.5, 0.6) is 0 Å². The molecule has 2 rings (SSSR count). The van der Waals surface area contributed by atoms with Crippen molar-refractivity contribution in [2.45, 2.75) is 27.4 Å². The fourth-order valence-electron chi connectivity index (χ4n) is 2.68. The molecule has 0 radical (unpaired) electrons. The van der Waals surface area contributed by atoms with Gasteiger partial charge in [-0.3, -0.25) is 4.79 Å². The van der Waals surface area contributed by atoms with Gasteiger partial charge in [-0.2, -0.15) is 0 Å².